The van der Waals surface area contributed by atoms with Crippen LogP contribution < -0.4 is 0 Å². The number of amides is 1. The monoisotopic (exact) mass is 201 g/mol. The Kier molecular flexibility index (Phi) is 3.88. The minimum absolute atomic E-state index is 0.0748. The summed E-state index contributed by atoms with van der Waals surface area (Å²) in [7, 11) is 0. The molecule has 1 heterocycles. The van der Waals surface area contributed by atoms with Gasteiger partial charge in [-0.1, -0.05) is 0 Å². The molecule has 80 valence electrons. The highest BCUT2D eigenvalue weighted by Crippen LogP contribution is 2.16. The van der Waals surface area contributed by atoms with E-state index in [2.05, 4.69) is 0 Å². The Morgan fingerprint density at radius 3 is 2.79 bits per heavy atom. The van der Waals surface area contributed by atoms with Gasteiger partial charge in [0.2, 0.25) is 5.91 Å². The average Bonchev–Trinajstić information content (AvgIpc) is 2.52. The van der Waals surface area contributed by atoms with Gasteiger partial charge in [0.15, 0.2) is 0 Å². The molecule has 1 unspecified atom stereocenters. The van der Waals surface area contributed by atoms with Gasteiger partial charge in [-0.05, 0) is 6.42 Å². The van der Waals surface area contributed by atoms with E-state index < -0.39 is 5.97 Å². The maximum Gasteiger partial charge on any atom is 0.329 e. The normalized spacial score (nSPS) is 21.2. The number of nitrogens with zero attached hydrogens (tertiary/aromatic N) is 1. The molecule has 0 bridgehead atoms. The minimum Gasteiger partial charge on any atom is -0.480 e. The number of carbonyl (C=O) groups excluding carboxylic acids is 1. The molecule has 1 aliphatic heterocycles. The zero-order valence-corrected chi connectivity index (χ0v) is 8.23. The lowest BCUT2D eigenvalue weighted by atomic mass is 10.1. The lowest BCUT2D eigenvalue weighted by Crippen LogP contribution is -2.26. The fourth-order valence-electron chi connectivity index (χ4n) is 1.57. The number of rotatable bonds is 4. The summed E-state index contributed by atoms with van der Waals surface area (Å²) in [5.74, 6) is -0.588. The molecule has 5 heteroatoms. The number of hydrogen-bond acceptors (Lipinski definition) is 3. The molecular formula is C9H15NO4. The van der Waals surface area contributed by atoms with E-state index in [1.807, 2.05) is 0 Å². The van der Waals surface area contributed by atoms with Crippen molar-refractivity contribution in [1.82, 2.24) is 4.90 Å². The van der Waals surface area contributed by atoms with Gasteiger partial charge in [0.25, 0.3) is 0 Å². The second-order valence-corrected chi connectivity index (χ2v) is 3.53. The Morgan fingerprint density at radius 1 is 1.57 bits per heavy atom. The SMILES string of the molecule is CC(=O)N1CCC(COCC(=O)O)C1. The van der Waals surface area contributed by atoms with E-state index in [0.29, 0.717) is 19.1 Å². The van der Waals surface area contributed by atoms with Crippen LogP contribution in [-0.2, 0) is 14.3 Å². The van der Waals surface area contributed by atoms with E-state index in [1.165, 1.54) is 0 Å². The van der Waals surface area contributed by atoms with E-state index in [1.54, 1.807) is 11.8 Å². The van der Waals surface area contributed by atoms with Crippen LogP contribution in [0.2, 0.25) is 0 Å². The molecule has 1 saturated heterocycles. The number of likely N-dealkylation sites (tertiary alicyclic amines) is 1. The van der Waals surface area contributed by atoms with Crippen molar-refractivity contribution < 1.29 is 19.4 Å². The van der Waals surface area contributed by atoms with Crippen molar-refractivity contribution in [3.05, 3.63) is 0 Å². The highest BCUT2D eigenvalue weighted by molar-refractivity contribution is 5.73. The number of carboxylic acids is 1. The summed E-state index contributed by atoms with van der Waals surface area (Å²) >= 11 is 0. The number of carboxylic acid groups (broad SMARTS) is 1. The predicted octanol–water partition coefficient (Wildman–Crippen LogP) is -0.0440. The first-order valence-corrected chi connectivity index (χ1v) is 4.64. The second kappa shape index (κ2) is 4.95. The summed E-state index contributed by atoms with van der Waals surface area (Å²) in [6.45, 7) is 3.17. The topological polar surface area (TPSA) is 66.8 Å². The van der Waals surface area contributed by atoms with Crippen molar-refractivity contribution in [2.75, 3.05) is 26.3 Å². The van der Waals surface area contributed by atoms with Crippen LogP contribution in [-0.4, -0.2) is 48.2 Å². The summed E-state index contributed by atoms with van der Waals surface area (Å²) < 4.78 is 4.97. The Balaban J connectivity index is 2.16. The molecule has 5 nitrogen and oxygen atoms in total. The van der Waals surface area contributed by atoms with Crippen molar-refractivity contribution in [3.63, 3.8) is 0 Å². The van der Waals surface area contributed by atoms with Crippen molar-refractivity contribution in [2.45, 2.75) is 13.3 Å². The minimum atomic E-state index is -0.952. The maximum absolute atomic E-state index is 11.0. The fraction of sp³-hybridized carbons (Fsp3) is 0.778. The molecule has 1 amide bonds. The largest absolute Gasteiger partial charge is 0.480 e. The average molecular weight is 201 g/mol. The first-order chi connectivity index (χ1) is 6.59. The van der Waals surface area contributed by atoms with Gasteiger partial charge in [0.1, 0.15) is 6.61 Å². The van der Waals surface area contributed by atoms with Gasteiger partial charge in [0.05, 0.1) is 6.61 Å². The summed E-state index contributed by atoms with van der Waals surface area (Å²) in [6.07, 6.45) is 0.902. The third-order valence-corrected chi connectivity index (χ3v) is 2.31. The molecular weight excluding hydrogens is 186 g/mol. The highest BCUT2D eigenvalue weighted by atomic mass is 16.5. The number of carbonyl (C=O) groups is 2. The van der Waals surface area contributed by atoms with Gasteiger partial charge in [-0.25, -0.2) is 4.79 Å². The maximum atomic E-state index is 11.0. The van der Waals surface area contributed by atoms with Crippen molar-refractivity contribution >= 4 is 11.9 Å². The Labute approximate surface area is 82.6 Å². The molecule has 0 aromatic carbocycles. The van der Waals surface area contributed by atoms with Gasteiger partial charge in [-0.2, -0.15) is 0 Å². The van der Waals surface area contributed by atoms with Gasteiger partial charge in [0, 0.05) is 25.9 Å². The van der Waals surface area contributed by atoms with E-state index in [-0.39, 0.29) is 12.5 Å². The molecule has 1 aliphatic rings. The van der Waals surface area contributed by atoms with Crippen molar-refractivity contribution in [3.8, 4) is 0 Å². The van der Waals surface area contributed by atoms with Crippen LogP contribution in [0.1, 0.15) is 13.3 Å². The molecule has 1 N–H and O–H groups in total. The molecule has 0 aromatic heterocycles. The first kappa shape index (κ1) is 11.0. The van der Waals surface area contributed by atoms with Crippen LogP contribution in [0.15, 0.2) is 0 Å². The van der Waals surface area contributed by atoms with Crippen LogP contribution in [0.5, 0.6) is 0 Å². The quantitative estimate of drug-likeness (QED) is 0.692. The molecule has 0 radical (unpaired) electrons. The van der Waals surface area contributed by atoms with Crippen LogP contribution in [0.4, 0.5) is 0 Å². The van der Waals surface area contributed by atoms with Gasteiger partial charge in [-0.3, -0.25) is 4.79 Å². The molecule has 1 rings (SSSR count). The smallest absolute Gasteiger partial charge is 0.329 e. The molecule has 0 saturated carbocycles. The van der Waals surface area contributed by atoms with E-state index in [4.69, 9.17) is 9.84 Å². The standard InChI is InChI=1S/C9H15NO4/c1-7(11)10-3-2-8(4-10)5-14-6-9(12)13/h8H,2-6H2,1H3,(H,12,13). The highest BCUT2D eigenvalue weighted by Gasteiger charge is 2.24. The zero-order chi connectivity index (χ0) is 10.6. The lowest BCUT2D eigenvalue weighted by molar-refractivity contribution is -0.142. The predicted molar refractivity (Wildman–Crippen MR) is 48.8 cm³/mol. The molecule has 14 heavy (non-hydrogen) atoms. The van der Waals surface area contributed by atoms with E-state index in [9.17, 15) is 9.59 Å². The lowest BCUT2D eigenvalue weighted by Gasteiger charge is -2.13. The zero-order valence-electron chi connectivity index (χ0n) is 8.23. The molecule has 1 fully saturated rings. The summed E-state index contributed by atoms with van der Waals surface area (Å²) in [5, 5.41) is 8.34. The van der Waals surface area contributed by atoms with E-state index >= 15 is 0 Å². The second-order valence-electron chi connectivity index (χ2n) is 3.53. The summed E-state index contributed by atoms with van der Waals surface area (Å²) in [6, 6.07) is 0. The van der Waals surface area contributed by atoms with Gasteiger partial charge >= 0.3 is 5.97 Å². The Hall–Kier alpha value is -1.10. The fourth-order valence-corrected chi connectivity index (χ4v) is 1.57. The van der Waals surface area contributed by atoms with Crippen molar-refractivity contribution in [2.24, 2.45) is 5.92 Å². The molecule has 0 aromatic rings. The third-order valence-electron chi connectivity index (χ3n) is 2.31. The third kappa shape index (κ3) is 3.33. The van der Waals surface area contributed by atoms with Gasteiger partial charge in [-0.15, -0.1) is 0 Å². The van der Waals surface area contributed by atoms with Crippen LogP contribution in [0.3, 0.4) is 0 Å². The molecule has 0 spiro atoms. The Bertz CT molecular complexity index is 229. The van der Waals surface area contributed by atoms with Gasteiger partial charge < -0.3 is 14.7 Å². The van der Waals surface area contributed by atoms with E-state index in [0.717, 1.165) is 13.0 Å². The van der Waals surface area contributed by atoms with Crippen LogP contribution >= 0.6 is 0 Å². The molecule has 0 aliphatic carbocycles. The van der Waals surface area contributed by atoms with Crippen molar-refractivity contribution in [1.29, 1.82) is 0 Å². The number of hydrogen-bond donors (Lipinski definition) is 1. The van der Waals surface area contributed by atoms with Crippen LogP contribution in [0, 0.1) is 5.92 Å². The van der Waals surface area contributed by atoms with Crippen LogP contribution in [0.25, 0.3) is 0 Å². The Morgan fingerprint density at radius 2 is 2.29 bits per heavy atom. The number of aliphatic carboxylic acids is 1. The molecule has 1 atom stereocenters. The first-order valence-electron chi connectivity index (χ1n) is 4.64. The number of ether oxygens (including phenoxy) is 1. The summed E-state index contributed by atoms with van der Waals surface area (Å²) in [4.78, 5) is 22.9. The summed E-state index contributed by atoms with van der Waals surface area (Å²) in [5.41, 5.74) is 0.